The van der Waals surface area contributed by atoms with Gasteiger partial charge >= 0.3 is 6.11 Å². The molecule has 1 aliphatic carbocycles. The van der Waals surface area contributed by atoms with Gasteiger partial charge in [0.2, 0.25) is 0 Å². The van der Waals surface area contributed by atoms with E-state index in [9.17, 15) is 8.78 Å². The summed E-state index contributed by atoms with van der Waals surface area (Å²) in [6.07, 6.45) is 4.96. The van der Waals surface area contributed by atoms with Crippen molar-refractivity contribution in [2.45, 2.75) is 89.8 Å². The molecule has 0 radical (unpaired) electrons. The molecule has 0 spiro atoms. The maximum atomic E-state index is 15.3. The largest absolute Gasteiger partial charge is 0.386 e. The van der Waals surface area contributed by atoms with Crippen LogP contribution >= 0.6 is 0 Å². The molecule has 0 amide bonds. The van der Waals surface area contributed by atoms with E-state index in [2.05, 4.69) is 6.92 Å². The highest BCUT2D eigenvalue weighted by molar-refractivity contribution is 5.67. The van der Waals surface area contributed by atoms with Crippen LogP contribution in [-0.4, -0.2) is 6.10 Å². The molecule has 2 aromatic rings. The van der Waals surface area contributed by atoms with Crippen LogP contribution in [-0.2, 0) is 17.3 Å². The van der Waals surface area contributed by atoms with Crippen molar-refractivity contribution in [3.8, 4) is 11.1 Å². The van der Waals surface area contributed by atoms with E-state index in [1.165, 1.54) is 44.1 Å². The second-order valence-corrected chi connectivity index (χ2v) is 9.34. The number of rotatable bonds is 6. The van der Waals surface area contributed by atoms with Gasteiger partial charge in [-0.25, -0.2) is 4.39 Å². The van der Waals surface area contributed by atoms with Gasteiger partial charge in [-0.15, -0.1) is 0 Å². The van der Waals surface area contributed by atoms with Gasteiger partial charge in [-0.05, 0) is 67.1 Å². The van der Waals surface area contributed by atoms with Gasteiger partial charge in [0.05, 0.1) is 11.7 Å². The summed E-state index contributed by atoms with van der Waals surface area (Å²) in [7, 11) is 0. The van der Waals surface area contributed by atoms with Gasteiger partial charge < -0.3 is 4.74 Å². The number of ether oxygens (including phenoxy) is 1. The van der Waals surface area contributed by atoms with Gasteiger partial charge in [0.15, 0.2) is 0 Å². The Morgan fingerprint density at radius 2 is 1.58 bits per heavy atom. The zero-order chi connectivity index (χ0) is 22.0. The lowest BCUT2D eigenvalue weighted by Gasteiger charge is -2.32. The highest BCUT2D eigenvalue weighted by Crippen LogP contribution is 2.44. The summed E-state index contributed by atoms with van der Waals surface area (Å²) in [5.41, 5.74) is 1.89. The molecule has 4 heteroatoms. The van der Waals surface area contributed by atoms with E-state index in [1.54, 1.807) is 12.1 Å². The lowest BCUT2D eigenvalue weighted by molar-refractivity contribution is -0.282. The predicted octanol–water partition coefficient (Wildman–Crippen LogP) is 8.36. The number of hydrogen-bond acceptors (Lipinski definition) is 1. The lowest BCUT2D eigenvalue weighted by atomic mass is 9.77. The highest BCUT2D eigenvalue weighted by Gasteiger charge is 2.45. The zero-order valence-electron chi connectivity index (χ0n) is 18.6. The standard InChI is InChI=1S/C27H33F3O/c1-3-5-18-7-9-19(10-8-18)20-11-13-21(14-12-20)24-16-15-22-17-23(6-4-2)31-27(29,30)25(22)26(24)28/h11-16,18-19,23H,3-10,17H2,1-2H3. The first-order valence-electron chi connectivity index (χ1n) is 11.9. The molecule has 4 rings (SSSR count). The quantitative estimate of drug-likeness (QED) is 0.447. The van der Waals surface area contributed by atoms with E-state index in [1.807, 2.05) is 31.2 Å². The molecule has 168 valence electrons. The monoisotopic (exact) mass is 430 g/mol. The van der Waals surface area contributed by atoms with Gasteiger partial charge in [0.1, 0.15) is 5.82 Å². The Labute approximate surface area is 184 Å². The fraction of sp³-hybridized carbons (Fsp3) is 0.556. The maximum Gasteiger partial charge on any atom is 0.386 e. The van der Waals surface area contributed by atoms with Crippen molar-refractivity contribution in [1.29, 1.82) is 0 Å². The third-order valence-electron chi connectivity index (χ3n) is 7.13. The summed E-state index contributed by atoms with van der Waals surface area (Å²) in [6.45, 7) is 4.18. The molecule has 1 saturated carbocycles. The molecule has 1 nitrogen and oxygen atoms in total. The highest BCUT2D eigenvalue weighted by atomic mass is 19.3. The number of alkyl halides is 2. The second kappa shape index (κ2) is 9.36. The van der Waals surface area contributed by atoms with Gasteiger partial charge in [-0.3, -0.25) is 0 Å². The molecule has 0 bridgehead atoms. The van der Waals surface area contributed by atoms with E-state index in [4.69, 9.17) is 4.74 Å². The molecule has 0 saturated heterocycles. The normalized spacial score (nSPS) is 25.3. The molecule has 1 unspecified atom stereocenters. The Hall–Kier alpha value is -1.81. The van der Waals surface area contributed by atoms with Crippen LogP contribution in [0.1, 0.15) is 87.8 Å². The van der Waals surface area contributed by atoms with Gasteiger partial charge in [0.25, 0.3) is 0 Å². The van der Waals surface area contributed by atoms with E-state index < -0.39 is 23.6 Å². The smallest absolute Gasteiger partial charge is 0.313 e. The molecule has 2 aliphatic rings. The minimum atomic E-state index is -3.59. The maximum absolute atomic E-state index is 15.3. The topological polar surface area (TPSA) is 9.23 Å². The molecule has 1 atom stereocenters. The van der Waals surface area contributed by atoms with Crippen molar-refractivity contribution in [3.63, 3.8) is 0 Å². The van der Waals surface area contributed by atoms with Gasteiger partial charge in [-0.2, -0.15) is 8.78 Å². The van der Waals surface area contributed by atoms with Crippen LogP contribution in [0.25, 0.3) is 11.1 Å². The van der Waals surface area contributed by atoms with Gasteiger partial charge in [0, 0.05) is 5.56 Å². The molecule has 1 fully saturated rings. The summed E-state index contributed by atoms with van der Waals surface area (Å²) in [5, 5.41) is 0. The minimum absolute atomic E-state index is 0.217. The first kappa shape index (κ1) is 22.4. The third kappa shape index (κ3) is 4.69. The summed E-state index contributed by atoms with van der Waals surface area (Å²) in [5.74, 6) is 0.542. The van der Waals surface area contributed by atoms with Crippen LogP contribution in [0.3, 0.4) is 0 Å². The zero-order valence-corrected chi connectivity index (χ0v) is 18.6. The lowest BCUT2D eigenvalue weighted by Crippen LogP contribution is -2.35. The number of halogens is 3. The number of hydrogen-bond donors (Lipinski definition) is 0. The summed E-state index contributed by atoms with van der Waals surface area (Å²) < 4.78 is 49.5. The summed E-state index contributed by atoms with van der Waals surface area (Å²) in [6, 6.07) is 11.1. The minimum Gasteiger partial charge on any atom is -0.313 e. The fourth-order valence-corrected chi connectivity index (χ4v) is 5.49. The first-order chi connectivity index (χ1) is 14.9. The second-order valence-electron chi connectivity index (χ2n) is 9.34. The van der Waals surface area contributed by atoms with Crippen molar-refractivity contribution < 1.29 is 17.9 Å². The SMILES string of the molecule is CCCC1CCC(c2ccc(-c3ccc4c(c3F)C(F)(F)OC(CCC)C4)cc2)CC1. The van der Waals surface area contributed by atoms with Crippen molar-refractivity contribution >= 4 is 0 Å². The van der Waals surface area contributed by atoms with E-state index in [-0.39, 0.29) is 5.56 Å². The van der Waals surface area contributed by atoms with Crippen molar-refractivity contribution in [3.05, 3.63) is 58.9 Å². The van der Waals surface area contributed by atoms with Crippen LogP contribution in [0.5, 0.6) is 0 Å². The molecule has 2 aromatic carbocycles. The molecule has 0 N–H and O–H groups in total. The molecule has 1 aliphatic heterocycles. The summed E-state index contributed by atoms with van der Waals surface area (Å²) in [4.78, 5) is 0. The van der Waals surface area contributed by atoms with Crippen LogP contribution in [0.15, 0.2) is 36.4 Å². The van der Waals surface area contributed by atoms with Crippen LogP contribution < -0.4 is 0 Å². The van der Waals surface area contributed by atoms with Crippen molar-refractivity contribution in [1.82, 2.24) is 0 Å². The van der Waals surface area contributed by atoms with Crippen LogP contribution in [0, 0.1) is 11.7 Å². The molecular formula is C27H33F3O. The average Bonchev–Trinajstić information content (AvgIpc) is 2.74. The Morgan fingerprint density at radius 1 is 0.903 bits per heavy atom. The van der Waals surface area contributed by atoms with E-state index >= 15 is 4.39 Å². The fourth-order valence-electron chi connectivity index (χ4n) is 5.49. The summed E-state index contributed by atoms with van der Waals surface area (Å²) >= 11 is 0. The van der Waals surface area contributed by atoms with Crippen LogP contribution in [0.4, 0.5) is 13.2 Å². The Balaban J connectivity index is 1.54. The van der Waals surface area contributed by atoms with Crippen molar-refractivity contribution in [2.75, 3.05) is 0 Å². The Kier molecular flexibility index (Phi) is 6.76. The van der Waals surface area contributed by atoms with E-state index in [0.717, 1.165) is 12.3 Å². The van der Waals surface area contributed by atoms with E-state index in [0.29, 0.717) is 29.9 Å². The average molecular weight is 431 g/mol. The predicted molar refractivity (Wildman–Crippen MR) is 119 cm³/mol. The Morgan fingerprint density at radius 3 is 2.23 bits per heavy atom. The first-order valence-corrected chi connectivity index (χ1v) is 11.9. The number of benzene rings is 2. The molecule has 0 aromatic heterocycles. The van der Waals surface area contributed by atoms with Crippen LogP contribution in [0.2, 0.25) is 0 Å². The molecule has 31 heavy (non-hydrogen) atoms. The number of fused-ring (bicyclic) bond motifs is 1. The Bertz CT molecular complexity index is 882. The third-order valence-corrected chi connectivity index (χ3v) is 7.13. The molecule has 1 heterocycles. The molecular weight excluding hydrogens is 397 g/mol. The van der Waals surface area contributed by atoms with Gasteiger partial charge in [-0.1, -0.05) is 69.5 Å². The van der Waals surface area contributed by atoms with Crippen molar-refractivity contribution in [2.24, 2.45) is 5.92 Å².